The third-order valence-electron chi connectivity index (χ3n) is 6.86. The maximum Gasteiger partial charge on any atom is 0.217 e. The lowest BCUT2D eigenvalue weighted by Gasteiger charge is -2.11. The maximum absolute atomic E-state index is 6.26. The number of hydrogen-bond donors (Lipinski definition) is 0. The number of nitrogens with zero attached hydrogens (tertiary/aromatic N) is 3. The Labute approximate surface area is 203 Å². The highest BCUT2D eigenvalue weighted by Crippen LogP contribution is 2.41. The van der Waals surface area contributed by atoms with Gasteiger partial charge in [-0.05, 0) is 53.6 Å². The van der Waals surface area contributed by atoms with Crippen LogP contribution in [-0.2, 0) is 18.2 Å². The largest absolute Gasteiger partial charge is 0.471 e. The highest BCUT2D eigenvalue weighted by atomic mass is 16.5. The van der Waals surface area contributed by atoms with E-state index in [1.165, 1.54) is 11.1 Å². The number of aliphatic imine (C=N–C) groups is 1. The van der Waals surface area contributed by atoms with Gasteiger partial charge in [-0.3, -0.25) is 0 Å². The molecule has 0 saturated carbocycles. The minimum atomic E-state index is 0.0794. The van der Waals surface area contributed by atoms with Crippen LogP contribution in [0.3, 0.4) is 0 Å². The van der Waals surface area contributed by atoms with Crippen LogP contribution in [0, 0.1) is 0 Å². The fraction of sp³-hybridized carbons (Fsp3) is 0.133. The zero-order valence-corrected chi connectivity index (χ0v) is 19.3. The van der Waals surface area contributed by atoms with Crippen molar-refractivity contribution in [2.24, 2.45) is 12.0 Å². The molecule has 0 N–H and O–H groups in total. The number of para-hydroxylation sites is 2. The van der Waals surface area contributed by atoms with Gasteiger partial charge in [0, 0.05) is 24.6 Å². The van der Waals surface area contributed by atoms with Gasteiger partial charge >= 0.3 is 0 Å². The van der Waals surface area contributed by atoms with Gasteiger partial charge in [-0.2, -0.15) is 0 Å². The van der Waals surface area contributed by atoms with Crippen LogP contribution in [0.1, 0.15) is 22.7 Å². The number of imidazole rings is 1. The Bertz CT molecular complexity index is 1620. The van der Waals surface area contributed by atoms with Crippen LogP contribution < -0.4 is 4.74 Å². The summed E-state index contributed by atoms with van der Waals surface area (Å²) in [5, 5.41) is 0. The standard InChI is InChI=1S/C30H23N3O2/c1-33-26-15-5-4-14-25(26)31-29(33)20-9-6-11-22(16-20)34-23-12-7-10-21(17-23)30-32-28-24-13-3-2-8-19(24)18-27(28)35-30/h2-17,27-28H,18H2,1H3/t27-,28+/m0/s1. The normalized spacial score (nSPS) is 18.1. The predicted molar refractivity (Wildman–Crippen MR) is 137 cm³/mol. The van der Waals surface area contributed by atoms with E-state index in [9.17, 15) is 0 Å². The van der Waals surface area contributed by atoms with Crippen LogP contribution in [0.4, 0.5) is 0 Å². The van der Waals surface area contributed by atoms with Crippen molar-refractivity contribution < 1.29 is 9.47 Å². The third kappa shape index (κ3) is 3.39. The summed E-state index contributed by atoms with van der Waals surface area (Å²) in [5.74, 6) is 3.10. The molecule has 2 heterocycles. The summed E-state index contributed by atoms with van der Waals surface area (Å²) in [6.07, 6.45) is 0.982. The Morgan fingerprint density at radius 1 is 0.829 bits per heavy atom. The molecular weight excluding hydrogens is 434 g/mol. The lowest BCUT2D eigenvalue weighted by Crippen LogP contribution is -2.13. The van der Waals surface area contributed by atoms with Gasteiger partial charge in [0.25, 0.3) is 0 Å². The first kappa shape index (κ1) is 20.0. The second-order valence-corrected chi connectivity index (χ2v) is 9.08. The number of aromatic nitrogens is 2. The fourth-order valence-corrected chi connectivity index (χ4v) is 5.17. The predicted octanol–water partition coefficient (Wildman–Crippen LogP) is 6.48. The molecule has 0 bridgehead atoms. The van der Waals surface area contributed by atoms with E-state index >= 15 is 0 Å². The van der Waals surface area contributed by atoms with E-state index in [4.69, 9.17) is 19.5 Å². The first-order chi connectivity index (χ1) is 17.2. The van der Waals surface area contributed by atoms with Gasteiger partial charge < -0.3 is 14.0 Å². The van der Waals surface area contributed by atoms with Gasteiger partial charge in [0.05, 0.1) is 11.0 Å². The quantitative estimate of drug-likeness (QED) is 0.311. The number of benzene rings is 4. The lowest BCUT2D eigenvalue weighted by atomic mass is 10.1. The van der Waals surface area contributed by atoms with E-state index in [1.54, 1.807) is 0 Å². The molecule has 0 unspecified atom stereocenters. The first-order valence-electron chi connectivity index (χ1n) is 11.9. The molecule has 1 aliphatic heterocycles. The summed E-state index contributed by atoms with van der Waals surface area (Å²) in [6, 6.07) is 32.7. The van der Waals surface area contributed by atoms with Crippen LogP contribution in [0.2, 0.25) is 0 Å². The van der Waals surface area contributed by atoms with E-state index < -0.39 is 0 Å². The van der Waals surface area contributed by atoms with Gasteiger partial charge in [-0.15, -0.1) is 0 Å². The maximum atomic E-state index is 6.26. The number of fused-ring (bicyclic) bond motifs is 4. The molecule has 0 spiro atoms. The molecule has 4 aromatic carbocycles. The molecule has 0 saturated heterocycles. The van der Waals surface area contributed by atoms with Gasteiger partial charge in [0.15, 0.2) is 0 Å². The van der Waals surface area contributed by atoms with E-state index in [-0.39, 0.29) is 12.1 Å². The molecule has 0 amide bonds. The van der Waals surface area contributed by atoms with Gasteiger partial charge in [-0.25, -0.2) is 9.98 Å². The third-order valence-corrected chi connectivity index (χ3v) is 6.86. The van der Waals surface area contributed by atoms with Gasteiger partial charge in [0.1, 0.15) is 29.5 Å². The summed E-state index contributed by atoms with van der Waals surface area (Å²) in [5.41, 5.74) is 6.63. The fourth-order valence-electron chi connectivity index (χ4n) is 5.17. The number of rotatable bonds is 4. The van der Waals surface area contributed by atoms with Crippen molar-refractivity contribution in [1.82, 2.24) is 9.55 Å². The molecule has 0 radical (unpaired) electrons. The van der Waals surface area contributed by atoms with Crippen LogP contribution in [-0.4, -0.2) is 21.6 Å². The summed E-state index contributed by atoms with van der Waals surface area (Å²) >= 11 is 0. The van der Waals surface area contributed by atoms with Crippen molar-refractivity contribution in [3.05, 3.63) is 114 Å². The first-order valence-corrected chi connectivity index (χ1v) is 11.9. The van der Waals surface area contributed by atoms with Crippen molar-refractivity contribution in [3.8, 4) is 22.9 Å². The Kier molecular flexibility index (Phi) is 4.49. The van der Waals surface area contributed by atoms with Crippen molar-refractivity contribution in [2.75, 3.05) is 0 Å². The van der Waals surface area contributed by atoms with Crippen LogP contribution in [0.5, 0.6) is 11.5 Å². The topological polar surface area (TPSA) is 48.6 Å². The van der Waals surface area contributed by atoms with Crippen molar-refractivity contribution >= 4 is 16.9 Å². The molecule has 5 nitrogen and oxygen atoms in total. The number of aryl methyl sites for hydroxylation is 1. The summed E-state index contributed by atoms with van der Waals surface area (Å²) in [4.78, 5) is 9.74. The number of hydrogen-bond acceptors (Lipinski definition) is 4. The van der Waals surface area contributed by atoms with Gasteiger partial charge in [-0.1, -0.05) is 54.6 Å². The van der Waals surface area contributed by atoms with Crippen LogP contribution >= 0.6 is 0 Å². The minimum absolute atomic E-state index is 0.0794. The second kappa shape index (κ2) is 7.84. The Morgan fingerprint density at radius 2 is 1.57 bits per heavy atom. The summed E-state index contributed by atoms with van der Waals surface area (Å²) in [7, 11) is 2.04. The Hall–Kier alpha value is -4.38. The highest BCUT2D eigenvalue weighted by Gasteiger charge is 2.39. The number of ether oxygens (including phenoxy) is 2. The van der Waals surface area contributed by atoms with E-state index in [0.717, 1.165) is 45.9 Å². The zero-order chi connectivity index (χ0) is 23.4. The molecular formula is C30H23N3O2. The molecule has 7 rings (SSSR count). The van der Waals surface area contributed by atoms with Crippen molar-refractivity contribution in [1.29, 1.82) is 0 Å². The molecule has 2 atom stereocenters. The minimum Gasteiger partial charge on any atom is -0.471 e. The average molecular weight is 458 g/mol. The summed E-state index contributed by atoms with van der Waals surface area (Å²) < 4.78 is 14.6. The van der Waals surface area contributed by atoms with E-state index in [2.05, 4.69) is 41.0 Å². The average Bonchev–Trinajstić information content (AvgIpc) is 3.56. The molecule has 0 fully saturated rings. The molecule has 1 aromatic heterocycles. The second-order valence-electron chi connectivity index (χ2n) is 9.08. The molecule has 2 aliphatic rings. The SMILES string of the molecule is Cn1c(-c2cccc(Oc3cccc(C4=N[C@@H]5c6ccccc6C[C@@H]5O4)c3)c2)nc2ccccc21. The lowest BCUT2D eigenvalue weighted by molar-refractivity contribution is 0.206. The Morgan fingerprint density at radius 3 is 2.43 bits per heavy atom. The zero-order valence-electron chi connectivity index (χ0n) is 19.3. The Balaban J connectivity index is 1.16. The van der Waals surface area contributed by atoms with Crippen molar-refractivity contribution in [2.45, 2.75) is 18.6 Å². The monoisotopic (exact) mass is 457 g/mol. The van der Waals surface area contributed by atoms with Crippen LogP contribution in [0.25, 0.3) is 22.4 Å². The van der Waals surface area contributed by atoms with E-state index in [0.29, 0.717) is 5.90 Å². The molecule has 170 valence electrons. The van der Waals surface area contributed by atoms with Crippen molar-refractivity contribution in [3.63, 3.8) is 0 Å². The van der Waals surface area contributed by atoms with Gasteiger partial charge in [0.2, 0.25) is 5.90 Å². The van der Waals surface area contributed by atoms with E-state index in [1.807, 2.05) is 67.7 Å². The highest BCUT2D eigenvalue weighted by molar-refractivity contribution is 5.96. The molecule has 35 heavy (non-hydrogen) atoms. The smallest absolute Gasteiger partial charge is 0.217 e. The molecule has 1 aliphatic carbocycles. The molecule has 5 aromatic rings. The summed E-state index contributed by atoms with van der Waals surface area (Å²) in [6.45, 7) is 0. The molecule has 5 heteroatoms. The van der Waals surface area contributed by atoms with Crippen LogP contribution in [0.15, 0.2) is 102 Å².